The largest absolute Gasteiger partial charge is 0.465 e. The van der Waals surface area contributed by atoms with Crippen molar-refractivity contribution in [2.75, 3.05) is 19.8 Å². The van der Waals surface area contributed by atoms with E-state index in [1.807, 2.05) is 0 Å². The normalized spacial score (nSPS) is 28.7. The van der Waals surface area contributed by atoms with Crippen LogP contribution in [0.1, 0.15) is 47.5 Å². The van der Waals surface area contributed by atoms with Crippen LogP contribution in [0.4, 0.5) is 0 Å². The molecule has 4 atom stereocenters. The van der Waals surface area contributed by atoms with E-state index in [0.717, 1.165) is 19.6 Å². The second kappa shape index (κ2) is 7.38. The Kier molecular flexibility index (Phi) is 6.43. The minimum absolute atomic E-state index is 0.228. The van der Waals surface area contributed by atoms with Crippen LogP contribution in [0.5, 0.6) is 0 Å². The summed E-state index contributed by atoms with van der Waals surface area (Å²) in [6.07, 6.45) is 1.86. The van der Waals surface area contributed by atoms with Gasteiger partial charge in [-0.05, 0) is 40.5 Å². The summed E-state index contributed by atoms with van der Waals surface area (Å²) in [4.78, 5) is 14.3. The van der Waals surface area contributed by atoms with Crippen LogP contribution in [0, 0.1) is 0 Å². The number of morpholine rings is 1. The van der Waals surface area contributed by atoms with Crippen molar-refractivity contribution in [3.8, 4) is 0 Å². The van der Waals surface area contributed by atoms with Gasteiger partial charge in [0.25, 0.3) is 0 Å². The van der Waals surface area contributed by atoms with Crippen molar-refractivity contribution in [3.63, 3.8) is 0 Å². The number of hydrogen-bond acceptors (Lipinski definition) is 5. The zero-order chi connectivity index (χ0) is 15.3. The summed E-state index contributed by atoms with van der Waals surface area (Å²) >= 11 is 0. The summed E-state index contributed by atoms with van der Waals surface area (Å²) in [5.41, 5.74) is 5.21. The minimum Gasteiger partial charge on any atom is -0.465 e. The Bertz CT molecular complexity index is 320. The van der Waals surface area contributed by atoms with Crippen LogP contribution < -0.4 is 5.73 Å². The minimum atomic E-state index is -0.935. The van der Waals surface area contributed by atoms with Gasteiger partial charge in [-0.25, -0.2) is 0 Å². The van der Waals surface area contributed by atoms with Crippen molar-refractivity contribution in [1.29, 1.82) is 0 Å². The van der Waals surface area contributed by atoms with Crippen molar-refractivity contribution in [1.82, 2.24) is 4.90 Å². The summed E-state index contributed by atoms with van der Waals surface area (Å²) in [6, 6.07) is 0.630. The molecule has 5 nitrogen and oxygen atoms in total. The number of carbonyl (C=O) groups is 1. The fraction of sp³-hybridized carbons (Fsp3) is 0.933. The Hall–Kier alpha value is -0.650. The van der Waals surface area contributed by atoms with Gasteiger partial charge in [0, 0.05) is 18.6 Å². The lowest BCUT2D eigenvalue weighted by Gasteiger charge is -2.43. The Balaban J connectivity index is 2.67. The molecule has 1 heterocycles. The zero-order valence-corrected chi connectivity index (χ0v) is 13.5. The maximum atomic E-state index is 11.9. The number of nitrogens with two attached hydrogens (primary N) is 1. The lowest BCUT2D eigenvalue weighted by atomic mass is 9.92. The van der Waals surface area contributed by atoms with Crippen LogP contribution in [0.15, 0.2) is 0 Å². The van der Waals surface area contributed by atoms with Crippen molar-refractivity contribution in [2.24, 2.45) is 5.73 Å². The monoisotopic (exact) mass is 286 g/mol. The third kappa shape index (κ3) is 4.43. The van der Waals surface area contributed by atoms with Gasteiger partial charge in [-0.15, -0.1) is 0 Å². The highest BCUT2D eigenvalue weighted by molar-refractivity contribution is 5.80. The average Bonchev–Trinajstić information content (AvgIpc) is 2.38. The molecule has 0 amide bonds. The topological polar surface area (TPSA) is 64.8 Å². The van der Waals surface area contributed by atoms with E-state index in [1.165, 1.54) is 0 Å². The maximum absolute atomic E-state index is 11.9. The van der Waals surface area contributed by atoms with Crippen LogP contribution in [-0.4, -0.2) is 54.4 Å². The first kappa shape index (κ1) is 17.4. The van der Waals surface area contributed by atoms with E-state index in [4.69, 9.17) is 15.2 Å². The molecule has 0 aromatic rings. The molecule has 0 aliphatic carbocycles. The van der Waals surface area contributed by atoms with Gasteiger partial charge in [-0.2, -0.15) is 0 Å². The van der Waals surface area contributed by atoms with E-state index >= 15 is 0 Å². The van der Waals surface area contributed by atoms with Gasteiger partial charge in [0.1, 0.15) is 5.54 Å². The number of esters is 1. The lowest BCUT2D eigenvalue weighted by Crippen LogP contribution is -2.56. The number of nitrogens with zero attached hydrogens (tertiary/aromatic N) is 1. The fourth-order valence-electron chi connectivity index (χ4n) is 2.87. The van der Waals surface area contributed by atoms with E-state index in [-0.39, 0.29) is 18.1 Å². The molecular weight excluding hydrogens is 256 g/mol. The third-order valence-electron chi connectivity index (χ3n) is 4.01. The molecule has 0 aromatic heterocycles. The first-order valence-electron chi connectivity index (χ1n) is 7.65. The van der Waals surface area contributed by atoms with E-state index in [1.54, 1.807) is 13.8 Å². The molecule has 1 aliphatic heterocycles. The van der Waals surface area contributed by atoms with E-state index < -0.39 is 5.54 Å². The van der Waals surface area contributed by atoms with Crippen LogP contribution in [0.3, 0.4) is 0 Å². The van der Waals surface area contributed by atoms with Crippen LogP contribution >= 0.6 is 0 Å². The third-order valence-corrected chi connectivity index (χ3v) is 4.01. The van der Waals surface area contributed by atoms with Crippen molar-refractivity contribution in [2.45, 2.75) is 71.2 Å². The molecule has 1 fully saturated rings. The van der Waals surface area contributed by atoms with Gasteiger partial charge < -0.3 is 15.2 Å². The molecule has 1 saturated heterocycles. The van der Waals surface area contributed by atoms with Crippen molar-refractivity contribution >= 4 is 5.97 Å². The van der Waals surface area contributed by atoms with Gasteiger partial charge in [0.2, 0.25) is 0 Å². The van der Waals surface area contributed by atoms with E-state index in [9.17, 15) is 4.79 Å². The van der Waals surface area contributed by atoms with Gasteiger partial charge in [-0.3, -0.25) is 9.69 Å². The Labute approximate surface area is 122 Å². The molecule has 0 spiro atoms. The lowest BCUT2D eigenvalue weighted by molar-refractivity contribution is -0.150. The molecule has 0 radical (unpaired) electrons. The number of rotatable bonds is 6. The maximum Gasteiger partial charge on any atom is 0.325 e. The molecule has 2 N–H and O–H groups in total. The summed E-state index contributed by atoms with van der Waals surface area (Å²) < 4.78 is 10.8. The fourth-order valence-corrected chi connectivity index (χ4v) is 2.87. The summed E-state index contributed by atoms with van der Waals surface area (Å²) in [5, 5.41) is 0. The molecule has 0 bridgehead atoms. The molecule has 4 unspecified atom stereocenters. The molecule has 1 aliphatic rings. The van der Waals surface area contributed by atoms with Gasteiger partial charge >= 0.3 is 5.97 Å². The van der Waals surface area contributed by atoms with Crippen molar-refractivity contribution < 1.29 is 14.3 Å². The molecule has 118 valence electrons. The summed E-state index contributed by atoms with van der Waals surface area (Å²) in [6.45, 7) is 11.9. The molecule has 1 rings (SSSR count). The quantitative estimate of drug-likeness (QED) is 0.750. The second-order valence-corrected chi connectivity index (χ2v) is 6.09. The van der Waals surface area contributed by atoms with Crippen LogP contribution in [0.2, 0.25) is 0 Å². The Morgan fingerprint density at radius 1 is 1.55 bits per heavy atom. The van der Waals surface area contributed by atoms with Gasteiger partial charge in [0.05, 0.1) is 19.3 Å². The summed E-state index contributed by atoms with van der Waals surface area (Å²) in [7, 11) is 0. The van der Waals surface area contributed by atoms with E-state index in [2.05, 4.69) is 25.7 Å². The second-order valence-electron chi connectivity index (χ2n) is 6.09. The van der Waals surface area contributed by atoms with Gasteiger partial charge in [-0.1, -0.05) is 6.92 Å². The Morgan fingerprint density at radius 2 is 2.20 bits per heavy atom. The standard InChI is InChI=1S/C15H30N2O3/c1-6-13-10-20-12(4)9-17(13)11(3)8-15(5,16)14(18)19-7-2/h11-13H,6-10,16H2,1-5H3. The number of carbonyl (C=O) groups excluding carboxylic acids is 1. The SMILES string of the molecule is CCOC(=O)C(C)(N)CC(C)N1CC(C)OCC1CC. The summed E-state index contributed by atoms with van der Waals surface area (Å²) in [5.74, 6) is -0.318. The number of hydrogen-bond donors (Lipinski definition) is 1. The average molecular weight is 286 g/mol. The molecular formula is C15H30N2O3. The van der Waals surface area contributed by atoms with Crippen LogP contribution in [-0.2, 0) is 14.3 Å². The molecule has 20 heavy (non-hydrogen) atoms. The predicted molar refractivity (Wildman–Crippen MR) is 79.5 cm³/mol. The first-order chi connectivity index (χ1) is 9.31. The highest BCUT2D eigenvalue weighted by Crippen LogP contribution is 2.22. The van der Waals surface area contributed by atoms with Crippen molar-refractivity contribution in [3.05, 3.63) is 0 Å². The molecule has 0 aromatic carbocycles. The van der Waals surface area contributed by atoms with Gasteiger partial charge in [0.15, 0.2) is 0 Å². The first-order valence-corrected chi connectivity index (χ1v) is 7.65. The Morgan fingerprint density at radius 3 is 2.75 bits per heavy atom. The highest BCUT2D eigenvalue weighted by Gasteiger charge is 2.36. The highest BCUT2D eigenvalue weighted by atomic mass is 16.5. The predicted octanol–water partition coefficient (Wildman–Crippen LogP) is 1.54. The smallest absolute Gasteiger partial charge is 0.325 e. The number of ether oxygens (including phenoxy) is 2. The zero-order valence-electron chi connectivity index (χ0n) is 13.5. The molecule has 0 saturated carbocycles. The van der Waals surface area contributed by atoms with Crippen LogP contribution in [0.25, 0.3) is 0 Å². The molecule has 5 heteroatoms. The van der Waals surface area contributed by atoms with E-state index in [0.29, 0.717) is 19.1 Å².